The van der Waals surface area contributed by atoms with Crippen LogP contribution in [0.25, 0.3) is 0 Å². The van der Waals surface area contributed by atoms with E-state index in [0.717, 1.165) is 11.5 Å². The van der Waals surface area contributed by atoms with Crippen molar-refractivity contribution in [2.45, 2.75) is 46.2 Å². The molecule has 0 bridgehead atoms. The molecule has 106 valence electrons. The van der Waals surface area contributed by atoms with Crippen molar-refractivity contribution < 1.29 is 14.7 Å². The number of carbonyl (C=O) groups excluding carboxylic acids is 1. The third kappa shape index (κ3) is 4.20. The van der Waals surface area contributed by atoms with Crippen LogP contribution in [-0.2, 0) is 4.79 Å². The molecular weight excluding hydrogens is 266 g/mol. The molecule has 0 aliphatic rings. The number of rotatable bonds is 4. The molecule has 0 aromatic carbocycles. The van der Waals surface area contributed by atoms with E-state index in [1.54, 1.807) is 13.8 Å². The zero-order valence-electron chi connectivity index (χ0n) is 11.7. The highest BCUT2D eigenvalue weighted by Crippen LogP contribution is 2.25. The van der Waals surface area contributed by atoms with Gasteiger partial charge in [0.2, 0.25) is 5.91 Å². The van der Waals surface area contributed by atoms with Gasteiger partial charge in [-0.1, -0.05) is 0 Å². The summed E-state index contributed by atoms with van der Waals surface area (Å²) in [5, 5.41) is 15.2. The minimum absolute atomic E-state index is 0.125. The van der Waals surface area contributed by atoms with Gasteiger partial charge in [-0.2, -0.15) is 4.37 Å². The van der Waals surface area contributed by atoms with Crippen molar-refractivity contribution in [2.75, 3.05) is 5.32 Å². The third-order valence-electron chi connectivity index (χ3n) is 2.32. The Bertz CT molecular complexity index is 491. The van der Waals surface area contributed by atoms with Crippen molar-refractivity contribution in [1.82, 2.24) is 9.69 Å². The van der Waals surface area contributed by atoms with Gasteiger partial charge in [0.1, 0.15) is 16.6 Å². The molecule has 1 amide bonds. The van der Waals surface area contributed by atoms with Gasteiger partial charge in [-0.05, 0) is 46.2 Å². The number of carboxylic acids is 1. The van der Waals surface area contributed by atoms with Gasteiger partial charge in [0.05, 0.1) is 5.69 Å². The summed E-state index contributed by atoms with van der Waals surface area (Å²) in [6, 6.07) is -0.530. The first-order valence-electron chi connectivity index (χ1n) is 5.90. The number of nitrogens with one attached hydrogen (secondary N) is 2. The van der Waals surface area contributed by atoms with E-state index in [4.69, 9.17) is 5.11 Å². The fraction of sp³-hybridized carbons (Fsp3) is 0.583. The van der Waals surface area contributed by atoms with Gasteiger partial charge < -0.3 is 15.7 Å². The Hall–Kier alpha value is -1.63. The zero-order chi connectivity index (χ0) is 14.8. The molecule has 0 saturated carbocycles. The number of hydrogen-bond donors (Lipinski definition) is 3. The van der Waals surface area contributed by atoms with Crippen molar-refractivity contribution in [3.63, 3.8) is 0 Å². The van der Waals surface area contributed by atoms with Crippen LogP contribution >= 0.6 is 11.5 Å². The van der Waals surface area contributed by atoms with Gasteiger partial charge in [-0.25, -0.2) is 4.79 Å². The number of nitrogens with zero attached hydrogens (tertiary/aromatic N) is 1. The Morgan fingerprint density at radius 2 is 1.95 bits per heavy atom. The summed E-state index contributed by atoms with van der Waals surface area (Å²) in [7, 11) is 0. The third-order valence-corrected chi connectivity index (χ3v) is 3.19. The molecule has 1 aromatic rings. The van der Waals surface area contributed by atoms with Gasteiger partial charge in [-0.3, -0.25) is 4.79 Å². The molecule has 1 atom stereocenters. The Labute approximate surface area is 116 Å². The summed E-state index contributed by atoms with van der Waals surface area (Å²) in [6.07, 6.45) is 0. The van der Waals surface area contributed by atoms with E-state index in [-0.39, 0.29) is 17.0 Å². The molecule has 1 rings (SSSR count). The molecule has 7 heteroatoms. The first-order chi connectivity index (χ1) is 8.61. The first-order valence-corrected chi connectivity index (χ1v) is 6.67. The molecule has 1 heterocycles. The average Bonchev–Trinajstić information content (AvgIpc) is 2.57. The van der Waals surface area contributed by atoms with Gasteiger partial charge in [0.25, 0.3) is 0 Å². The second-order valence-corrected chi connectivity index (χ2v) is 6.16. The van der Waals surface area contributed by atoms with Crippen LogP contribution in [0.2, 0.25) is 0 Å². The molecular formula is C12H19N3O3S. The Kier molecular flexibility index (Phi) is 4.52. The van der Waals surface area contributed by atoms with Gasteiger partial charge in [0, 0.05) is 5.54 Å². The molecule has 0 aliphatic heterocycles. The smallest absolute Gasteiger partial charge is 0.340 e. The van der Waals surface area contributed by atoms with Crippen LogP contribution in [0.1, 0.15) is 43.7 Å². The highest BCUT2D eigenvalue weighted by Gasteiger charge is 2.23. The molecule has 1 unspecified atom stereocenters. The monoisotopic (exact) mass is 285 g/mol. The summed E-state index contributed by atoms with van der Waals surface area (Å²) in [4.78, 5) is 23.0. The maximum atomic E-state index is 11.9. The number of anilines is 1. The minimum Gasteiger partial charge on any atom is -0.478 e. The van der Waals surface area contributed by atoms with E-state index in [1.807, 2.05) is 20.8 Å². The van der Waals surface area contributed by atoms with Crippen molar-refractivity contribution in [1.29, 1.82) is 0 Å². The maximum Gasteiger partial charge on any atom is 0.340 e. The van der Waals surface area contributed by atoms with Crippen molar-refractivity contribution in [3.8, 4) is 0 Å². The summed E-state index contributed by atoms with van der Waals surface area (Å²) in [5.41, 5.74) is 0.246. The molecule has 0 radical (unpaired) electrons. The number of carbonyl (C=O) groups is 2. The Morgan fingerprint density at radius 3 is 2.42 bits per heavy atom. The van der Waals surface area contributed by atoms with E-state index < -0.39 is 12.0 Å². The fourth-order valence-electron chi connectivity index (χ4n) is 1.46. The lowest BCUT2D eigenvalue weighted by molar-refractivity contribution is -0.122. The highest BCUT2D eigenvalue weighted by molar-refractivity contribution is 7.10. The minimum atomic E-state index is -1.04. The lowest BCUT2D eigenvalue weighted by atomic mass is 10.1. The standard InChI is InChI=1S/C12H19N3O3S/c1-6-8(11(17)18)10(19-15-6)13-7(2)9(16)14-12(3,4)5/h7,13H,1-5H3,(H,14,16)(H,17,18). The molecule has 0 fully saturated rings. The molecule has 0 spiro atoms. The topological polar surface area (TPSA) is 91.3 Å². The van der Waals surface area contributed by atoms with Crippen LogP contribution in [0, 0.1) is 6.92 Å². The van der Waals surface area contributed by atoms with Crippen LogP contribution < -0.4 is 10.6 Å². The van der Waals surface area contributed by atoms with Gasteiger partial charge in [-0.15, -0.1) is 0 Å². The van der Waals surface area contributed by atoms with Gasteiger partial charge >= 0.3 is 5.97 Å². The quantitative estimate of drug-likeness (QED) is 0.785. The number of hydrogen-bond acceptors (Lipinski definition) is 5. The lowest BCUT2D eigenvalue weighted by Crippen LogP contribution is -2.47. The van der Waals surface area contributed by atoms with E-state index in [1.165, 1.54) is 0 Å². The molecule has 0 aliphatic carbocycles. The van der Waals surface area contributed by atoms with Crippen LogP contribution in [0.3, 0.4) is 0 Å². The van der Waals surface area contributed by atoms with Crippen LogP contribution in [0.4, 0.5) is 5.00 Å². The van der Waals surface area contributed by atoms with E-state index in [9.17, 15) is 9.59 Å². The molecule has 6 nitrogen and oxygen atoms in total. The fourth-order valence-corrected chi connectivity index (χ4v) is 2.34. The number of amides is 1. The number of aryl methyl sites for hydroxylation is 1. The van der Waals surface area contributed by atoms with E-state index >= 15 is 0 Å². The summed E-state index contributed by atoms with van der Waals surface area (Å²) >= 11 is 1.05. The predicted octanol–water partition coefficient (Wildman–Crippen LogP) is 1.86. The van der Waals surface area contributed by atoms with E-state index in [0.29, 0.717) is 10.7 Å². The van der Waals surface area contributed by atoms with Crippen molar-refractivity contribution >= 4 is 28.4 Å². The van der Waals surface area contributed by atoms with E-state index in [2.05, 4.69) is 15.0 Å². The molecule has 19 heavy (non-hydrogen) atoms. The zero-order valence-corrected chi connectivity index (χ0v) is 12.5. The first kappa shape index (κ1) is 15.4. The Morgan fingerprint density at radius 1 is 1.37 bits per heavy atom. The van der Waals surface area contributed by atoms with Crippen LogP contribution in [0.15, 0.2) is 0 Å². The SMILES string of the molecule is Cc1nsc(NC(C)C(=O)NC(C)(C)C)c1C(=O)O. The largest absolute Gasteiger partial charge is 0.478 e. The highest BCUT2D eigenvalue weighted by atomic mass is 32.1. The van der Waals surface area contributed by atoms with Crippen molar-refractivity contribution in [2.24, 2.45) is 0 Å². The predicted molar refractivity (Wildman–Crippen MR) is 74.8 cm³/mol. The maximum absolute atomic E-state index is 11.9. The second kappa shape index (κ2) is 5.56. The summed E-state index contributed by atoms with van der Waals surface area (Å²) in [5.74, 6) is -1.23. The van der Waals surface area contributed by atoms with Crippen LogP contribution in [0.5, 0.6) is 0 Å². The molecule has 3 N–H and O–H groups in total. The van der Waals surface area contributed by atoms with Crippen LogP contribution in [-0.4, -0.2) is 32.9 Å². The number of aromatic nitrogens is 1. The summed E-state index contributed by atoms with van der Waals surface area (Å²) < 4.78 is 3.99. The lowest BCUT2D eigenvalue weighted by Gasteiger charge is -2.23. The number of aromatic carboxylic acids is 1. The normalized spacial score (nSPS) is 12.9. The Balaban J connectivity index is 2.80. The van der Waals surface area contributed by atoms with Gasteiger partial charge in [0.15, 0.2) is 0 Å². The average molecular weight is 285 g/mol. The molecule has 0 saturated heterocycles. The van der Waals surface area contributed by atoms with Crippen molar-refractivity contribution in [3.05, 3.63) is 11.3 Å². The summed E-state index contributed by atoms with van der Waals surface area (Å²) in [6.45, 7) is 8.97. The molecule has 1 aromatic heterocycles. The number of carboxylic acid groups (broad SMARTS) is 1. The second-order valence-electron chi connectivity index (χ2n) is 5.38.